The Morgan fingerprint density at radius 2 is 1.79 bits per heavy atom. The van der Waals surface area contributed by atoms with Crippen LogP contribution in [0.4, 0.5) is 13.2 Å². The van der Waals surface area contributed by atoms with E-state index in [4.69, 9.17) is 14.2 Å². The molecule has 1 amide bonds. The van der Waals surface area contributed by atoms with Gasteiger partial charge >= 0.3 is 6.18 Å². The smallest absolute Gasteiger partial charge is 0.390 e. The maximum Gasteiger partial charge on any atom is 0.416 e. The van der Waals surface area contributed by atoms with Gasteiger partial charge in [0.15, 0.2) is 0 Å². The van der Waals surface area contributed by atoms with Crippen molar-refractivity contribution < 1.29 is 37.3 Å². The highest BCUT2D eigenvalue weighted by Crippen LogP contribution is 2.29. The molecule has 2 aliphatic heterocycles. The highest BCUT2D eigenvalue weighted by Gasteiger charge is 2.31. The predicted octanol–water partition coefficient (Wildman–Crippen LogP) is 1.19. The lowest BCUT2D eigenvalue weighted by molar-refractivity contribution is -0.137. The largest absolute Gasteiger partial charge is 0.416 e. The molecule has 2 aliphatic rings. The number of ether oxygens (including phenoxy) is 3. The third-order valence-corrected chi connectivity index (χ3v) is 6.00. The summed E-state index contributed by atoms with van der Waals surface area (Å²) >= 11 is 0. The van der Waals surface area contributed by atoms with E-state index >= 15 is 0 Å². The molecule has 0 spiro atoms. The molecule has 1 aromatic rings. The van der Waals surface area contributed by atoms with Crippen LogP contribution in [0.25, 0.3) is 0 Å². The molecule has 1 aromatic carbocycles. The molecule has 192 valence electrons. The predicted molar refractivity (Wildman–Crippen MR) is 119 cm³/mol. The molecule has 2 fully saturated rings. The molecule has 2 atom stereocenters. The normalized spacial score (nSPS) is 21.4. The van der Waals surface area contributed by atoms with Gasteiger partial charge in [-0.3, -0.25) is 14.6 Å². The summed E-state index contributed by atoms with van der Waals surface area (Å²) in [6.45, 7) is 6.61. The van der Waals surface area contributed by atoms with Crippen LogP contribution in [0.15, 0.2) is 24.3 Å². The number of aliphatic hydroxyl groups excluding tert-OH is 1. The topological polar surface area (TPSA) is 74.7 Å². The third-order valence-electron chi connectivity index (χ3n) is 6.00. The molecular weight excluding hydrogens is 455 g/mol. The molecule has 1 N–H and O–H groups in total. The minimum atomic E-state index is -4.46. The number of halogens is 3. The van der Waals surface area contributed by atoms with Gasteiger partial charge in [-0.2, -0.15) is 13.2 Å². The summed E-state index contributed by atoms with van der Waals surface area (Å²) in [5.74, 6) is -0.376. The molecule has 8 nitrogen and oxygen atoms in total. The number of benzene rings is 1. The van der Waals surface area contributed by atoms with Crippen LogP contribution >= 0.6 is 0 Å². The summed E-state index contributed by atoms with van der Waals surface area (Å²) in [4.78, 5) is 18.9. The second-order valence-corrected chi connectivity index (χ2v) is 8.64. The Balaban J connectivity index is 1.56. The van der Waals surface area contributed by atoms with Crippen molar-refractivity contribution in [3.05, 3.63) is 35.4 Å². The zero-order chi connectivity index (χ0) is 24.6. The SMILES string of the molecule is COCCN(C[C@@H]1CN(C[C@@H](O)CN2CCOCC2)CCO1)C(=O)c1ccc(C(F)(F)F)cc1. The van der Waals surface area contributed by atoms with E-state index in [0.29, 0.717) is 52.6 Å². The minimum absolute atomic E-state index is 0.178. The van der Waals surface area contributed by atoms with Crippen LogP contribution in [-0.2, 0) is 20.4 Å². The van der Waals surface area contributed by atoms with Crippen LogP contribution in [-0.4, -0.2) is 124 Å². The molecule has 11 heteroatoms. The number of hydrogen-bond acceptors (Lipinski definition) is 7. The number of β-amino-alcohol motifs (C(OH)–C–C–N with tert-alkyl or cyclic N) is 1. The van der Waals surface area contributed by atoms with Crippen LogP contribution < -0.4 is 0 Å². The van der Waals surface area contributed by atoms with Crippen molar-refractivity contribution in [2.24, 2.45) is 0 Å². The minimum Gasteiger partial charge on any atom is -0.390 e. The van der Waals surface area contributed by atoms with Gasteiger partial charge in [0.25, 0.3) is 5.91 Å². The number of methoxy groups -OCH3 is 1. The van der Waals surface area contributed by atoms with E-state index in [1.165, 1.54) is 19.2 Å². The van der Waals surface area contributed by atoms with Crippen LogP contribution in [0.2, 0.25) is 0 Å². The fraction of sp³-hybridized carbons (Fsp3) is 0.696. The van der Waals surface area contributed by atoms with Crippen molar-refractivity contribution in [1.82, 2.24) is 14.7 Å². The molecule has 0 unspecified atom stereocenters. The number of hydrogen-bond donors (Lipinski definition) is 1. The Morgan fingerprint density at radius 1 is 1.15 bits per heavy atom. The van der Waals surface area contributed by atoms with E-state index in [0.717, 1.165) is 25.2 Å². The second-order valence-electron chi connectivity index (χ2n) is 8.64. The van der Waals surface area contributed by atoms with Gasteiger partial charge in [0, 0.05) is 65.0 Å². The number of rotatable bonds is 10. The Kier molecular flexibility index (Phi) is 10.1. The van der Waals surface area contributed by atoms with Gasteiger partial charge in [0.1, 0.15) is 0 Å². The Bertz CT molecular complexity index is 759. The van der Waals surface area contributed by atoms with E-state index < -0.39 is 17.8 Å². The van der Waals surface area contributed by atoms with E-state index in [2.05, 4.69) is 9.80 Å². The first kappa shape index (κ1) is 26.8. The summed E-state index contributed by atoms with van der Waals surface area (Å²) < 4.78 is 54.9. The summed E-state index contributed by atoms with van der Waals surface area (Å²) in [5.41, 5.74) is -0.618. The van der Waals surface area contributed by atoms with Crippen molar-refractivity contribution in [1.29, 1.82) is 0 Å². The number of morpholine rings is 2. The van der Waals surface area contributed by atoms with E-state index in [-0.39, 0.29) is 30.7 Å². The fourth-order valence-corrected chi connectivity index (χ4v) is 4.20. The lowest BCUT2D eigenvalue weighted by atomic mass is 10.1. The standard InChI is InChI=1S/C23H34F3N3O5/c1-32-10-9-29(22(31)18-2-4-19(5-3-18)23(24,25)26)17-21-16-28(8-13-34-21)15-20(30)14-27-6-11-33-12-7-27/h2-5,20-21,30H,6-17H2,1H3/t20-,21-/m0/s1. The molecule has 0 aromatic heterocycles. The Morgan fingerprint density at radius 3 is 2.44 bits per heavy atom. The van der Waals surface area contributed by atoms with E-state index in [1.807, 2.05) is 0 Å². The Hall–Kier alpha value is -1.76. The van der Waals surface area contributed by atoms with Crippen molar-refractivity contribution >= 4 is 5.91 Å². The summed E-state index contributed by atoms with van der Waals surface area (Å²) in [7, 11) is 1.52. The monoisotopic (exact) mass is 489 g/mol. The maximum atomic E-state index is 13.0. The first-order valence-corrected chi connectivity index (χ1v) is 11.5. The summed E-state index contributed by atoms with van der Waals surface area (Å²) in [5, 5.41) is 10.5. The van der Waals surface area contributed by atoms with Gasteiger partial charge in [-0.15, -0.1) is 0 Å². The maximum absolute atomic E-state index is 13.0. The average molecular weight is 490 g/mol. The highest BCUT2D eigenvalue weighted by atomic mass is 19.4. The van der Waals surface area contributed by atoms with Gasteiger partial charge < -0.3 is 24.2 Å². The van der Waals surface area contributed by atoms with Crippen molar-refractivity contribution in [2.45, 2.75) is 18.4 Å². The highest BCUT2D eigenvalue weighted by molar-refractivity contribution is 5.94. The zero-order valence-corrected chi connectivity index (χ0v) is 19.5. The summed E-state index contributed by atoms with van der Waals surface area (Å²) in [6, 6.07) is 4.22. The van der Waals surface area contributed by atoms with Crippen LogP contribution in [0, 0.1) is 0 Å². The third kappa shape index (κ3) is 8.17. The molecule has 0 aliphatic carbocycles. The molecular formula is C23H34F3N3O5. The second kappa shape index (κ2) is 12.8. The average Bonchev–Trinajstić information content (AvgIpc) is 2.81. The fourth-order valence-electron chi connectivity index (χ4n) is 4.20. The number of aliphatic hydroxyl groups is 1. The molecule has 0 radical (unpaired) electrons. The first-order valence-electron chi connectivity index (χ1n) is 11.5. The van der Waals surface area contributed by atoms with Gasteiger partial charge in [-0.1, -0.05) is 0 Å². The lowest BCUT2D eigenvalue weighted by Gasteiger charge is -2.37. The number of alkyl halides is 3. The molecule has 3 rings (SSSR count). The number of carbonyl (C=O) groups is 1. The number of nitrogens with zero attached hydrogens (tertiary/aromatic N) is 3. The lowest BCUT2D eigenvalue weighted by Crippen LogP contribution is -2.52. The van der Waals surface area contributed by atoms with Gasteiger partial charge in [0.05, 0.1) is 44.2 Å². The number of carbonyl (C=O) groups excluding carboxylic acids is 1. The van der Waals surface area contributed by atoms with Gasteiger partial charge in [-0.05, 0) is 24.3 Å². The molecule has 34 heavy (non-hydrogen) atoms. The van der Waals surface area contributed by atoms with Crippen molar-refractivity contribution in [2.75, 3.05) is 85.9 Å². The Labute approximate surface area is 198 Å². The van der Waals surface area contributed by atoms with E-state index in [9.17, 15) is 23.1 Å². The quantitative estimate of drug-likeness (QED) is 0.529. The van der Waals surface area contributed by atoms with Gasteiger partial charge in [0.2, 0.25) is 0 Å². The van der Waals surface area contributed by atoms with Crippen molar-refractivity contribution in [3.63, 3.8) is 0 Å². The molecule has 2 heterocycles. The first-order chi connectivity index (χ1) is 16.3. The van der Waals surface area contributed by atoms with Gasteiger partial charge in [-0.25, -0.2) is 0 Å². The zero-order valence-electron chi connectivity index (χ0n) is 19.5. The van der Waals surface area contributed by atoms with Crippen molar-refractivity contribution in [3.8, 4) is 0 Å². The molecule has 0 bridgehead atoms. The summed E-state index contributed by atoms with van der Waals surface area (Å²) in [6.07, 6.45) is -5.24. The number of amides is 1. The van der Waals surface area contributed by atoms with E-state index in [1.54, 1.807) is 4.90 Å². The van der Waals surface area contributed by atoms with Crippen LogP contribution in [0.1, 0.15) is 15.9 Å². The molecule has 0 saturated carbocycles. The van der Waals surface area contributed by atoms with Crippen LogP contribution in [0.5, 0.6) is 0 Å². The molecule has 2 saturated heterocycles. The van der Waals surface area contributed by atoms with Crippen LogP contribution in [0.3, 0.4) is 0 Å².